The van der Waals surface area contributed by atoms with Crippen molar-refractivity contribution in [2.24, 2.45) is 0 Å². The van der Waals surface area contributed by atoms with Crippen molar-refractivity contribution < 1.29 is 9.53 Å². The standard InChI is InChI=1S/C18H22N2O2S/c1-13-12-23-18(19-13)16-5-3-4-10-20(16)17(21)11-14-6-8-15(22-2)9-7-14/h6-9,12,16H,3-5,10-11H2,1-2H3. The third kappa shape index (κ3) is 3.72. The topological polar surface area (TPSA) is 42.4 Å². The van der Waals surface area contributed by atoms with Crippen LogP contribution in [0.15, 0.2) is 29.6 Å². The van der Waals surface area contributed by atoms with Crippen LogP contribution in [0.3, 0.4) is 0 Å². The van der Waals surface area contributed by atoms with Gasteiger partial charge in [-0.2, -0.15) is 0 Å². The molecule has 2 heterocycles. The summed E-state index contributed by atoms with van der Waals surface area (Å²) >= 11 is 1.67. The maximum absolute atomic E-state index is 12.8. The number of amides is 1. The third-order valence-electron chi connectivity index (χ3n) is 4.26. The number of thiazole rings is 1. The number of nitrogens with zero attached hydrogens (tertiary/aromatic N) is 2. The van der Waals surface area contributed by atoms with Crippen LogP contribution in [0.2, 0.25) is 0 Å². The molecule has 4 nitrogen and oxygen atoms in total. The summed E-state index contributed by atoms with van der Waals surface area (Å²) in [7, 11) is 1.65. The van der Waals surface area contributed by atoms with Crippen molar-refractivity contribution in [3.63, 3.8) is 0 Å². The van der Waals surface area contributed by atoms with Gasteiger partial charge in [-0.25, -0.2) is 4.98 Å². The molecule has 122 valence electrons. The van der Waals surface area contributed by atoms with Gasteiger partial charge < -0.3 is 9.64 Å². The fraction of sp³-hybridized carbons (Fsp3) is 0.444. The van der Waals surface area contributed by atoms with Gasteiger partial charge in [-0.05, 0) is 43.9 Å². The molecule has 1 aliphatic heterocycles. The lowest BCUT2D eigenvalue weighted by molar-refractivity contribution is -0.134. The van der Waals surface area contributed by atoms with Gasteiger partial charge >= 0.3 is 0 Å². The van der Waals surface area contributed by atoms with E-state index >= 15 is 0 Å². The van der Waals surface area contributed by atoms with Gasteiger partial charge in [0.2, 0.25) is 5.91 Å². The van der Waals surface area contributed by atoms with Gasteiger partial charge in [-0.3, -0.25) is 4.79 Å². The van der Waals surface area contributed by atoms with Gasteiger partial charge in [0.15, 0.2) is 0 Å². The highest BCUT2D eigenvalue weighted by molar-refractivity contribution is 7.09. The van der Waals surface area contributed by atoms with Gasteiger partial charge in [0.05, 0.1) is 19.6 Å². The summed E-state index contributed by atoms with van der Waals surface area (Å²) in [6.07, 6.45) is 3.69. The molecule has 5 heteroatoms. The zero-order chi connectivity index (χ0) is 16.2. The largest absolute Gasteiger partial charge is 0.497 e. The molecule has 1 amide bonds. The van der Waals surface area contributed by atoms with E-state index in [9.17, 15) is 4.79 Å². The average molecular weight is 330 g/mol. The minimum atomic E-state index is 0.146. The highest BCUT2D eigenvalue weighted by Gasteiger charge is 2.29. The monoisotopic (exact) mass is 330 g/mol. The van der Waals surface area contributed by atoms with Gasteiger partial charge in [0, 0.05) is 17.6 Å². The van der Waals surface area contributed by atoms with Crippen LogP contribution in [0.4, 0.5) is 0 Å². The van der Waals surface area contributed by atoms with Crippen LogP contribution >= 0.6 is 11.3 Å². The lowest BCUT2D eigenvalue weighted by Crippen LogP contribution is -2.39. The van der Waals surface area contributed by atoms with E-state index in [-0.39, 0.29) is 11.9 Å². The molecular weight excluding hydrogens is 308 g/mol. The summed E-state index contributed by atoms with van der Waals surface area (Å²) in [5, 5.41) is 3.14. The van der Waals surface area contributed by atoms with Crippen molar-refractivity contribution in [2.75, 3.05) is 13.7 Å². The molecule has 0 N–H and O–H groups in total. The van der Waals surface area contributed by atoms with Crippen molar-refractivity contribution in [3.05, 3.63) is 45.9 Å². The molecule has 1 saturated heterocycles. The second kappa shape index (κ2) is 7.13. The Bertz CT molecular complexity index is 666. The van der Waals surface area contributed by atoms with Crippen LogP contribution in [-0.2, 0) is 11.2 Å². The summed E-state index contributed by atoms with van der Waals surface area (Å²) in [4.78, 5) is 19.4. The van der Waals surface area contributed by atoms with Crippen molar-refractivity contribution in [1.82, 2.24) is 9.88 Å². The molecule has 1 atom stereocenters. The molecule has 0 bridgehead atoms. The molecule has 1 fully saturated rings. The lowest BCUT2D eigenvalue weighted by atomic mass is 10.0. The van der Waals surface area contributed by atoms with E-state index in [0.29, 0.717) is 6.42 Å². The third-order valence-corrected chi connectivity index (χ3v) is 5.32. The molecule has 1 unspecified atom stereocenters. The van der Waals surface area contributed by atoms with Crippen molar-refractivity contribution in [1.29, 1.82) is 0 Å². The minimum absolute atomic E-state index is 0.146. The first-order valence-electron chi connectivity index (χ1n) is 8.02. The fourth-order valence-electron chi connectivity index (χ4n) is 3.03. The first-order valence-corrected chi connectivity index (χ1v) is 8.90. The molecule has 23 heavy (non-hydrogen) atoms. The normalized spacial score (nSPS) is 18.0. The minimum Gasteiger partial charge on any atom is -0.497 e. The van der Waals surface area contributed by atoms with E-state index in [4.69, 9.17) is 4.74 Å². The Morgan fingerprint density at radius 1 is 1.35 bits per heavy atom. The predicted molar refractivity (Wildman–Crippen MR) is 91.9 cm³/mol. The first-order chi connectivity index (χ1) is 11.2. The Kier molecular flexibility index (Phi) is 4.96. The predicted octanol–water partition coefficient (Wildman–Crippen LogP) is 3.76. The summed E-state index contributed by atoms with van der Waals surface area (Å²) in [5.74, 6) is 1.00. The Morgan fingerprint density at radius 3 is 2.78 bits per heavy atom. The van der Waals surface area contributed by atoms with Crippen LogP contribution in [0, 0.1) is 6.92 Å². The lowest BCUT2D eigenvalue weighted by Gasteiger charge is -2.34. The molecule has 1 aromatic carbocycles. The van der Waals surface area contributed by atoms with E-state index in [1.165, 1.54) is 0 Å². The molecule has 0 radical (unpaired) electrons. The summed E-state index contributed by atoms with van der Waals surface area (Å²) in [5.41, 5.74) is 2.06. The molecule has 1 aromatic heterocycles. The van der Waals surface area contributed by atoms with Crippen molar-refractivity contribution in [2.45, 2.75) is 38.6 Å². The molecular formula is C18H22N2O2S. The number of hydrogen-bond acceptors (Lipinski definition) is 4. The van der Waals surface area contributed by atoms with E-state index in [1.807, 2.05) is 36.1 Å². The summed E-state index contributed by atoms with van der Waals surface area (Å²) in [6.45, 7) is 2.84. The molecule has 3 rings (SSSR count). The van der Waals surface area contributed by atoms with Gasteiger partial charge in [-0.15, -0.1) is 11.3 Å². The zero-order valence-electron chi connectivity index (χ0n) is 13.6. The first kappa shape index (κ1) is 16.0. The van der Waals surface area contributed by atoms with Crippen LogP contribution in [0.5, 0.6) is 5.75 Å². The Hall–Kier alpha value is -1.88. The van der Waals surface area contributed by atoms with E-state index in [1.54, 1.807) is 18.4 Å². The maximum atomic E-state index is 12.8. The number of carbonyl (C=O) groups is 1. The Labute approximate surface area is 141 Å². The molecule has 0 aliphatic carbocycles. The number of carbonyl (C=O) groups excluding carboxylic acids is 1. The molecule has 0 saturated carbocycles. The van der Waals surface area contributed by atoms with Crippen LogP contribution in [0.25, 0.3) is 0 Å². The van der Waals surface area contributed by atoms with Crippen LogP contribution in [0.1, 0.15) is 41.6 Å². The highest BCUT2D eigenvalue weighted by atomic mass is 32.1. The van der Waals surface area contributed by atoms with E-state index in [0.717, 1.165) is 47.8 Å². The number of benzene rings is 1. The number of aryl methyl sites for hydroxylation is 1. The summed E-state index contributed by atoms with van der Waals surface area (Å²) in [6, 6.07) is 7.88. The Balaban J connectivity index is 1.73. The van der Waals surface area contributed by atoms with Crippen LogP contribution < -0.4 is 4.74 Å². The van der Waals surface area contributed by atoms with Gasteiger partial charge in [-0.1, -0.05) is 12.1 Å². The van der Waals surface area contributed by atoms with E-state index < -0.39 is 0 Å². The fourth-order valence-corrected chi connectivity index (χ4v) is 3.97. The number of piperidine rings is 1. The zero-order valence-corrected chi connectivity index (χ0v) is 14.4. The average Bonchev–Trinajstić information content (AvgIpc) is 3.02. The van der Waals surface area contributed by atoms with Crippen molar-refractivity contribution >= 4 is 17.2 Å². The van der Waals surface area contributed by atoms with Crippen molar-refractivity contribution in [3.8, 4) is 5.75 Å². The second-order valence-corrected chi connectivity index (χ2v) is 6.84. The van der Waals surface area contributed by atoms with Gasteiger partial charge in [0.1, 0.15) is 10.8 Å². The quantitative estimate of drug-likeness (QED) is 0.857. The number of ether oxygens (including phenoxy) is 1. The molecule has 2 aromatic rings. The maximum Gasteiger partial charge on any atom is 0.227 e. The molecule has 0 spiro atoms. The van der Waals surface area contributed by atoms with Crippen LogP contribution in [-0.4, -0.2) is 29.4 Å². The number of likely N-dealkylation sites (tertiary alicyclic amines) is 1. The van der Waals surface area contributed by atoms with Gasteiger partial charge in [0.25, 0.3) is 0 Å². The number of rotatable bonds is 4. The molecule has 1 aliphatic rings. The smallest absolute Gasteiger partial charge is 0.227 e. The Morgan fingerprint density at radius 2 is 2.13 bits per heavy atom. The highest BCUT2D eigenvalue weighted by Crippen LogP contribution is 2.33. The van der Waals surface area contributed by atoms with E-state index in [2.05, 4.69) is 10.4 Å². The number of aromatic nitrogens is 1. The summed E-state index contributed by atoms with van der Waals surface area (Å²) < 4.78 is 5.17. The second-order valence-electron chi connectivity index (χ2n) is 5.95. The number of methoxy groups -OCH3 is 1. The SMILES string of the molecule is COc1ccc(CC(=O)N2CCCCC2c2nc(C)cs2)cc1. The number of hydrogen-bond donors (Lipinski definition) is 0.